The summed E-state index contributed by atoms with van der Waals surface area (Å²) in [6, 6.07) is 5.77. The maximum atomic E-state index is 13.3. The summed E-state index contributed by atoms with van der Waals surface area (Å²) in [6.45, 7) is 13.9. The summed E-state index contributed by atoms with van der Waals surface area (Å²) in [5.41, 5.74) is 4.20. The van der Waals surface area contributed by atoms with Crippen molar-refractivity contribution in [3.8, 4) is 5.75 Å². The minimum Gasteiger partial charge on any atom is -0.497 e. The lowest BCUT2D eigenvalue weighted by molar-refractivity contribution is 0.0901. The van der Waals surface area contributed by atoms with Gasteiger partial charge in [0.15, 0.2) is 5.78 Å². The van der Waals surface area contributed by atoms with E-state index in [9.17, 15) is 13.2 Å². The standard InChI is InChI=1S/C24H35N3O4S/c1-16(2)27-19(5)14-22(20(27)6)23(28)15-25-8-10-26(11-9-25)32(29,30)24-17(3)12-21(31-7)13-18(24)4/h12-14,16H,8-11,15H2,1-7H3. The SMILES string of the molecule is COc1cc(C)c(S(=O)(=O)N2CCN(CC(=O)c3cc(C)n(C(C)C)c3C)CC2)c(C)c1. The number of hydrogen-bond donors (Lipinski definition) is 0. The summed E-state index contributed by atoms with van der Waals surface area (Å²) in [5.74, 6) is 0.738. The molecule has 32 heavy (non-hydrogen) atoms. The Morgan fingerprint density at radius 2 is 1.56 bits per heavy atom. The third-order valence-electron chi connectivity index (χ3n) is 6.27. The Balaban J connectivity index is 1.69. The van der Waals surface area contributed by atoms with Crippen LogP contribution in [0.4, 0.5) is 0 Å². The van der Waals surface area contributed by atoms with Crippen LogP contribution in [0.2, 0.25) is 0 Å². The van der Waals surface area contributed by atoms with Gasteiger partial charge in [-0.2, -0.15) is 4.31 Å². The average molecular weight is 462 g/mol. The van der Waals surface area contributed by atoms with Gasteiger partial charge in [0.25, 0.3) is 0 Å². The first-order valence-electron chi connectivity index (χ1n) is 11.1. The second kappa shape index (κ2) is 9.37. The summed E-state index contributed by atoms with van der Waals surface area (Å²) < 4.78 is 35.6. The lowest BCUT2D eigenvalue weighted by Crippen LogP contribution is -2.50. The molecule has 2 heterocycles. The van der Waals surface area contributed by atoms with Crippen LogP contribution in [-0.4, -0.2) is 67.8 Å². The van der Waals surface area contributed by atoms with E-state index in [1.807, 2.05) is 24.8 Å². The molecule has 0 N–H and O–H groups in total. The first-order valence-corrected chi connectivity index (χ1v) is 12.5. The largest absolute Gasteiger partial charge is 0.497 e. The van der Waals surface area contributed by atoms with E-state index < -0.39 is 10.0 Å². The Kier molecular flexibility index (Phi) is 7.17. The van der Waals surface area contributed by atoms with Crippen LogP contribution >= 0.6 is 0 Å². The fraction of sp³-hybridized carbons (Fsp3) is 0.542. The van der Waals surface area contributed by atoms with Crippen molar-refractivity contribution in [3.05, 3.63) is 46.3 Å². The van der Waals surface area contributed by atoms with Crippen LogP contribution in [-0.2, 0) is 10.0 Å². The van der Waals surface area contributed by atoms with Gasteiger partial charge in [-0.15, -0.1) is 0 Å². The summed E-state index contributed by atoms with van der Waals surface area (Å²) in [7, 11) is -2.04. The molecular formula is C24H35N3O4S. The number of Topliss-reactive ketones (excluding diaryl/α,β-unsaturated/α-hetero) is 1. The minimum atomic E-state index is -3.61. The van der Waals surface area contributed by atoms with Gasteiger partial charge >= 0.3 is 0 Å². The van der Waals surface area contributed by atoms with Gasteiger partial charge in [-0.25, -0.2) is 8.42 Å². The highest BCUT2D eigenvalue weighted by molar-refractivity contribution is 7.89. The van der Waals surface area contributed by atoms with Gasteiger partial charge in [0.05, 0.1) is 18.6 Å². The van der Waals surface area contributed by atoms with Crippen molar-refractivity contribution in [1.29, 1.82) is 0 Å². The molecule has 1 aliphatic heterocycles. The molecule has 1 fully saturated rings. The Labute approximate surface area is 192 Å². The number of methoxy groups -OCH3 is 1. The van der Waals surface area contributed by atoms with E-state index in [4.69, 9.17) is 4.74 Å². The number of ketones is 1. The van der Waals surface area contributed by atoms with E-state index in [2.05, 4.69) is 18.4 Å². The minimum absolute atomic E-state index is 0.0863. The normalized spacial score (nSPS) is 16.0. The second-order valence-corrected chi connectivity index (χ2v) is 10.8. The second-order valence-electron chi connectivity index (χ2n) is 8.94. The number of hydrogen-bond acceptors (Lipinski definition) is 5. The van der Waals surface area contributed by atoms with E-state index in [0.29, 0.717) is 60.5 Å². The lowest BCUT2D eigenvalue weighted by Gasteiger charge is -2.34. The maximum absolute atomic E-state index is 13.3. The Morgan fingerprint density at radius 1 is 1.00 bits per heavy atom. The van der Waals surface area contributed by atoms with Crippen molar-refractivity contribution in [3.63, 3.8) is 0 Å². The van der Waals surface area contributed by atoms with Gasteiger partial charge in [0, 0.05) is 49.2 Å². The number of ether oxygens (including phenoxy) is 1. The highest BCUT2D eigenvalue weighted by Crippen LogP contribution is 2.29. The number of carbonyl (C=O) groups is 1. The summed E-state index contributed by atoms with van der Waals surface area (Å²) in [4.78, 5) is 15.4. The molecular weight excluding hydrogens is 426 g/mol. The smallest absolute Gasteiger partial charge is 0.243 e. The Hall–Kier alpha value is -2.16. The van der Waals surface area contributed by atoms with Gasteiger partial charge in [-0.3, -0.25) is 9.69 Å². The van der Waals surface area contributed by atoms with Crippen LogP contribution in [0.1, 0.15) is 52.8 Å². The fourth-order valence-electron chi connectivity index (χ4n) is 4.83. The Bertz CT molecular complexity index is 1090. The molecule has 0 amide bonds. The molecule has 7 nitrogen and oxygen atoms in total. The van der Waals surface area contributed by atoms with Crippen LogP contribution in [0.5, 0.6) is 5.75 Å². The molecule has 0 saturated carbocycles. The molecule has 176 valence electrons. The highest BCUT2D eigenvalue weighted by Gasteiger charge is 2.32. The van der Waals surface area contributed by atoms with Crippen molar-refractivity contribution in [2.45, 2.75) is 52.5 Å². The highest BCUT2D eigenvalue weighted by atomic mass is 32.2. The molecule has 1 saturated heterocycles. The zero-order valence-corrected chi connectivity index (χ0v) is 21.0. The number of rotatable bonds is 7. The molecule has 3 rings (SSSR count). The van der Waals surface area contributed by atoms with E-state index in [0.717, 1.165) is 17.0 Å². The topological polar surface area (TPSA) is 71.9 Å². The van der Waals surface area contributed by atoms with Crippen molar-refractivity contribution >= 4 is 15.8 Å². The average Bonchev–Trinajstić information content (AvgIpc) is 3.01. The summed E-state index contributed by atoms with van der Waals surface area (Å²) in [5, 5.41) is 0. The molecule has 1 aliphatic rings. The zero-order valence-electron chi connectivity index (χ0n) is 20.2. The van der Waals surface area contributed by atoms with Crippen LogP contribution < -0.4 is 4.74 Å². The van der Waals surface area contributed by atoms with Crippen molar-refractivity contribution < 1.29 is 17.9 Å². The number of carbonyl (C=O) groups excluding carboxylic acids is 1. The first kappa shape index (κ1) is 24.5. The van der Waals surface area contributed by atoms with Crippen molar-refractivity contribution in [2.75, 3.05) is 39.8 Å². The third kappa shape index (κ3) is 4.63. The lowest BCUT2D eigenvalue weighted by atomic mass is 10.1. The third-order valence-corrected chi connectivity index (χ3v) is 8.47. The molecule has 8 heteroatoms. The van der Waals surface area contributed by atoms with E-state index in [-0.39, 0.29) is 5.78 Å². The number of piperazine rings is 1. The van der Waals surface area contributed by atoms with Gasteiger partial charge in [-0.05, 0) is 70.9 Å². The number of sulfonamides is 1. The van der Waals surface area contributed by atoms with Crippen molar-refractivity contribution in [2.24, 2.45) is 0 Å². The molecule has 0 aliphatic carbocycles. The monoisotopic (exact) mass is 461 g/mol. The van der Waals surface area contributed by atoms with Crippen molar-refractivity contribution in [1.82, 2.24) is 13.8 Å². The molecule has 0 atom stereocenters. The molecule has 2 aromatic rings. The molecule has 0 unspecified atom stereocenters. The first-order chi connectivity index (χ1) is 15.0. The predicted molar refractivity (Wildman–Crippen MR) is 126 cm³/mol. The number of benzene rings is 1. The number of nitrogens with zero attached hydrogens (tertiary/aromatic N) is 3. The van der Waals surface area contributed by atoms with Crippen LogP contribution in [0.15, 0.2) is 23.1 Å². The Morgan fingerprint density at radius 3 is 2.03 bits per heavy atom. The molecule has 1 aromatic carbocycles. The van der Waals surface area contributed by atoms with Crippen LogP contribution in [0, 0.1) is 27.7 Å². The number of aryl methyl sites for hydroxylation is 3. The van der Waals surface area contributed by atoms with E-state index >= 15 is 0 Å². The van der Waals surface area contributed by atoms with Crippen LogP contribution in [0.3, 0.4) is 0 Å². The summed E-state index contributed by atoms with van der Waals surface area (Å²) in [6.07, 6.45) is 0. The fourth-order valence-corrected chi connectivity index (χ4v) is 6.67. The van der Waals surface area contributed by atoms with E-state index in [1.54, 1.807) is 33.1 Å². The van der Waals surface area contributed by atoms with Gasteiger partial charge in [-0.1, -0.05) is 0 Å². The number of aromatic nitrogens is 1. The molecule has 0 spiro atoms. The zero-order chi connectivity index (χ0) is 23.8. The van der Waals surface area contributed by atoms with Gasteiger partial charge < -0.3 is 9.30 Å². The van der Waals surface area contributed by atoms with Gasteiger partial charge in [0.2, 0.25) is 10.0 Å². The molecule has 0 radical (unpaired) electrons. The molecule has 1 aromatic heterocycles. The van der Waals surface area contributed by atoms with E-state index in [1.165, 1.54) is 4.31 Å². The summed E-state index contributed by atoms with van der Waals surface area (Å²) >= 11 is 0. The van der Waals surface area contributed by atoms with Crippen LogP contribution in [0.25, 0.3) is 0 Å². The molecule has 0 bridgehead atoms. The predicted octanol–water partition coefficient (Wildman–Crippen LogP) is 3.50. The quantitative estimate of drug-likeness (QED) is 0.590. The van der Waals surface area contributed by atoms with Gasteiger partial charge in [0.1, 0.15) is 5.75 Å². The maximum Gasteiger partial charge on any atom is 0.243 e.